The predicted octanol–water partition coefficient (Wildman–Crippen LogP) is 1.51. The fourth-order valence-electron chi connectivity index (χ4n) is 2.15. The summed E-state index contributed by atoms with van der Waals surface area (Å²) in [5.41, 5.74) is -0.838. The number of rotatable bonds is 5. The van der Waals surface area contributed by atoms with E-state index in [0.717, 1.165) is 12.8 Å². The van der Waals surface area contributed by atoms with Gasteiger partial charge in [-0.3, -0.25) is 4.79 Å². The summed E-state index contributed by atoms with van der Waals surface area (Å²) in [7, 11) is 0. The molecule has 2 unspecified atom stereocenters. The molecule has 1 fully saturated rings. The Morgan fingerprint density at radius 2 is 2.29 bits per heavy atom. The second kappa shape index (κ2) is 5.70. The Labute approximate surface area is 101 Å². The molecule has 17 heavy (non-hydrogen) atoms. The molecule has 0 aromatic carbocycles. The Morgan fingerprint density at radius 3 is 2.88 bits per heavy atom. The molecule has 3 N–H and O–H groups in total. The number of amides is 2. The second-order valence-electron chi connectivity index (χ2n) is 4.65. The zero-order valence-corrected chi connectivity index (χ0v) is 10.2. The lowest BCUT2D eigenvalue weighted by Crippen LogP contribution is -2.50. The van der Waals surface area contributed by atoms with E-state index < -0.39 is 11.4 Å². The van der Waals surface area contributed by atoms with Gasteiger partial charge in [0.25, 0.3) is 0 Å². The van der Waals surface area contributed by atoms with Crippen LogP contribution in [0.2, 0.25) is 0 Å². The van der Waals surface area contributed by atoms with Crippen LogP contribution in [0.3, 0.4) is 0 Å². The van der Waals surface area contributed by atoms with Crippen LogP contribution in [0.4, 0.5) is 4.79 Å². The standard InChI is InChI=1S/C12H20N2O3/c1-3-4-8-13-11(17)14-9-6-5-7-12(9,2)10(15)16/h3,9H,1,4-8H2,2H3,(H,15,16)(H2,13,14,17). The summed E-state index contributed by atoms with van der Waals surface area (Å²) in [5.74, 6) is -0.841. The second-order valence-corrected chi connectivity index (χ2v) is 4.65. The van der Waals surface area contributed by atoms with E-state index in [1.165, 1.54) is 0 Å². The molecule has 2 amide bonds. The summed E-state index contributed by atoms with van der Waals surface area (Å²) in [6.07, 6.45) is 4.59. The first-order valence-corrected chi connectivity index (χ1v) is 5.89. The molecule has 0 saturated heterocycles. The van der Waals surface area contributed by atoms with Gasteiger partial charge >= 0.3 is 12.0 Å². The summed E-state index contributed by atoms with van der Waals surface area (Å²) >= 11 is 0. The van der Waals surface area contributed by atoms with E-state index in [0.29, 0.717) is 19.4 Å². The van der Waals surface area contributed by atoms with Crippen molar-refractivity contribution >= 4 is 12.0 Å². The van der Waals surface area contributed by atoms with Crippen LogP contribution in [-0.2, 0) is 4.79 Å². The van der Waals surface area contributed by atoms with Gasteiger partial charge < -0.3 is 15.7 Å². The monoisotopic (exact) mass is 240 g/mol. The number of carboxylic acid groups (broad SMARTS) is 1. The molecule has 1 aliphatic carbocycles. The Bertz CT molecular complexity index is 317. The van der Waals surface area contributed by atoms with Crippen molar-refractivity contribution in [1.82, 2.24) is 10.6 Å². The molecular weight excluding hydrogens is 220 g/mol. The van der Waals surface area contributed by atoms with Gasteiger partial charge in [-0.05, 0) is 26.2 Å². The van der Waals surface area contributed by atoms with E-state index in [2.05, 4.69) is 17.2 Å². The van der Waals surface area contributed by atoms with Crippen LogP contribution >= 0.6 is 0 Å². The van der Waals surface area contributed by atoms with Crippen molar-refractivity contribution in [1.29, 1.82) is 0 Å². The zero-order valence-electron chi connectivity index (χ0n) is 10.2. The van der Waals surface area contributed by atoms with E-state index in [1.807, 2.05) is 0 Å². The number of carbonyl (C=O) groups excluding carboxylic acids is 1. The fraction of sp³-hybridized carbons (Fsp3) is 0.667. The lowest BCUT2D eigenvalue weighted by atomic mass is 9.85. The minimum Gasteiger partial charge on any atom is -0.481 e. The van der Waals surface area contributed by atoms with Crippen molar-refractivity contribution in [3.05, 3.63) is 12.7 Å². The quantitative estimate of drug-likeness (QED) is 0.503. The minimum atomic E-state index is -0.841. The molecule has 2 atom stereocenters. The smallest absolute Gasteiger partial charge is 0.315 e. The summed E-state index contributed by atoms with van der Waals surface area (Å²) < 4.78 is 0. The normalized spacial score (nSPS) is 27.5. The predicted molar refractivity (Wildman–Crippen MR) is 64.7 cm³/mol. The highest BCUT2D eigenvalue weighted by molar-refractivity contribution is 5.79. The highest BCUT2D eigenvalue weighted by Gasteiger charge is 2.45. The number of carboxylic acids is 1. The number of nitrogens with one attached hydrogen (secondary N) is 2. The molecule has 5 heteroatoms. The Morgan fingerprint density at radius 1 is 1.59 bits per heavy atom. The SMILES string of the molecule is C=CCCNC(=O)NC1CCCC1(C)C(=O)O. The number of hydrogen-bond donors (Lipinski definition) is 3. The topological polar surface area (TPSA) is 78.4 Å². The molecule has 0 aliphatic heterocycles. The average Bonchev–Trinajstić information content (AvgIpc) is 2.62. The van der Waals surface area contributed by atoms with Gasteiger partial charge in [-0.25, -0.2) is 4.79 Å². The minimum absolute atomic E-state index is 0.288. The molecule has 0 bridgehead atoms. The lowest BCUT2D eigenvalue weighted by Gasteiger charge is -2.27. The van der Waals surface area contributed by atoms with Crippen molar-refractivity contribution in [3.63, 3.8) is 0 Å². The first kappa shape index (κ1) is 13.5. The maximum atomic E-state index is 11.5. The number of carbonyl (C=O) groups is 2. The molecule has 0 aromatic heterocycles. The van der Waals surface area contributed by atoms with Crippen molar-refractivity contribution < 1.29 is 14.7 Å². The van der Waals surface area contributed by atoms with Crippen molar-refractivity contribution in [2.75, 3.05) is 6.54 Å². The van der Waals surface area contributed by atoms with Crippen LogP contribution < -0.4 is 10.6 Å². The molecule has 0 spiro atoms. The maximum absolute atomic E-state index is 11.5. The number of hydrogen-bond acceptors (Lipinski definition) is 2. The first-order valence-electron chi connectivity index (χ1n) is 5.89. The summed E-state index contributed by atoms with van der Waals surface area (Å²) in [6, 6.07) is -0.588. The van der Waals surface area contributed by atoms with E-state index in [9.17, 15) is 14.7 Å². The Kier molecular flexibility index (Phi) is 4.54. The van der Waals surface area contributed by atoms with Crippen LogP contribution in [0.5, 0.6) is 0 Å². The van der Waals surface area contributed by atoms with Crippen LogP contribution in [0.1, 0.15) is 32.6 Å². The van der Waals surface area contributed by atoms with Gasteiger partial charge in [-0.1, -0.05) is 12.5 Å². The van der Waals surface area contributed by atoms with E-state index in [4.69, 9.17) is 0 Å². The summed E-state index contributed by atoms with van der Waals surface area (Å²) in [6.45, 7) is 5.77. The van der Waals surface area contributed by atoms with Crippen molar-refractivity contribution in [3.8, 4) is 0 Å². The van der Waals surface area contributed by atoms with Crippen LogP contribution in [0.15, 0.2) is 12.7 Å². The third-order valence-electron chi connectivity index (χ3n) is 3.39. The molecule has 0 aromatic rings. The molecule has 5 nitrogen and oxygen atoms in total. The lowest BCUT2D eigenvalue weighted by molar-refractivity contribution is -0.148. The van der Waals surface area contributed by atoms with Crippen LogP contribution in [0, 0.1) is 5.41 Å². The van der Waals surface area contributed by atoms with E-state index >= 15 is 0 Å². The number of aliphatic carboxylic acids is 1. The highest BCUT2D eigenvalue weighted by atomic mass is 16.4. The zero-order chi connectivity index (χ0) is 12.9. The molecule has 0 heterocycles. The maximum Gasteiger partial charge on any atom is 0.315 e. The molecule has 1 aliphatic rings. The Hall–Kier alpha value is -1.52. The third-order valence-corrected chi connectivity index (χ3v) is 3.39. The third kappa shape index (κ3) is 3.22. The molecule has 96 valence electrons. The molecule has 1 rings (SSSR count). The largest absolute Gasteiger partial charge is 0.481 e. The van der Waals surface area contributed by atoms with Gasteiger partial charge in [-0.2, -0.15) is 0 Å². The van der Waals surface area contributed by atoms with E-state index in [-0.39, 0.29) is 12.1 Å². The van der Waals surface area contributed by atoms with Crippen LogP contribution in [-0.4, -0.2) is 29.7 Å². The van der Waals surface area contributed by atoms with Gasteiger partial charge in [0.15, 0.2) is 0 Å². The highest BCUT2D eigenvalue weighted by Crippen LogP contribution is 2.38. The van der Waals surface area contributed by atoms with Gasteiger partial charge in [0.1, 0.15) is 0 Å². The van der Waals surface area contributed by atoms with Crippen LogP contribution in [0.25, 0.3) is 0 Å². The van der Waals surface area contributed by atoms with Crippen molar-refractivity contribution in [2.45, 2.75) is 38.6 Å². The molecule has 1 saturated carbocycles. The first-order chi connectivity index (χ1) is 8.00. The molecule has 0 radical (unpaired) electrons. The number of urea groups is 1. The van der Waals surface area contributed by atoms with E-state index in [1.54, 1.807) is 13.0 Å². The van der Waals surface area contributed by atoms with Gasteiger partial charge in [0.05, 0.1) is 5.41 Å². The average molecular weight is 240 g/mol. The summed E-state index contributed by atoms with van der Waals surface area (Å²) in [5, 5.41) is 14.6. The fourth-order valence-corrected chi connectivity index (χ4v) is 2.15. The molecular formula is C12H20N2O3. The summed E-state index contributed by atoms with van der Waals surface area (Å²) in [4.78, 5) is 22.7. The van der Waals surface area contributed by atoms with Gasteiger partial charge in [0, 0.05) is 12.6 Å². The van der Waals surface area contributed by atoms with Gasteiger partial charge in [0.2, 0.25) is 0 Å². The van der Waals surface area contributed by atoms with Crippen molar-refractivity contribution in [2.24, 2.45) is 5.41 Å². The van der Waals surface area contributed by atoms with Gasteiger partial charge in [-0.15, -0.1) is 6.58 Å². The Balaban J connectivity index is 2.47.